The molecule has 1 atom stereocenters. The van der Waals surface area contributed by atoms with Crippen molar-refractivity contribution in [2.45, 2.75) is 19.8 Å². The van der Waals surface area contributed by atoms with Crippen LogP contribution in [0.1, 0.15) is 30.9 Å². The summed E-state index contributed by atoms with van der Waals surface area (Å²) in [5.41, 5.74) is 1.28. The van der Waals surface area contributed by atoms with Gasteiger partial charge in [-0.25, -0.2) is 9.18 Å². The highest BCUT2D eigenvalue weighted by molar-refractivity contribution is 9.10. The fraction of sp³-hybridized carbons (Fsp3) is 0.211. The number of allylic oxidation sites excluding steroid dienone is 1. The van der Waals surface area contributed by atoms with E-state index in [1.165, 1.54) is 0 Å². The third kappa shape index (κ3) is 4.29. The van der Waals surface area contributed by atoms with Gasteiger partial charge in [-0.1, -0.05) is 65.3 Å². The lowest BCUT2D eigenvalue weighted by atomic mass is 9.94. The zero-order valence-electron chi connectivity index (χ0n) is 13.1. The van der Waals surface area contributed by atoms with Crippen LogP contribution < -0.4 is 0 Å². The van der Waals surface area contributed by atoms with Crippen LogP contribution in [0.25, 0.3) is 5.57 Å². The summed E-state index contributed by atoms with van der Waals surface area (Å²) >= 11 is 3.35. The van der Waals surface area contributed by atoms with E-state index in [-0.39, 0.29) is 12.2 Å². The summed E-state index contributed by atoms with van der Waals surface area (Å²) in [6.07, 6.45) is 0. The lowest BCUT2D eigenvalue weighted by Gasteiger charge is -2.15. The minimum absolute atomic E-state index is 0.0236. The number of benzene rings is 2. The summed E-state index contributed by atoms with van der Waals surface area (Å²) in [5, 5.41) is 0. The summed E-state index contributed by atoms with van der Waals surface area (Å²) in [6.45, 7) is 3.64. The number of esters is 1. The maximum Gasteiger partial charge on any atom is 0.341 e. The van der Waals surface area contributed by atoms with E-state index in [1.54, 1.807) is 32.0 Å². The molecule has 0 aliphatic heterocycles. The van der Waals surface area contributed by atoms with Gasteiger partial charge in [0.25, 0.3) is 0 Å². The van der Waals surface area contributed by atoms with Crippen molar-refractivity contribution < 1.29 is 13.9 Å². The molecule has 2 aromatic carbocycles. The van der Waals surface area contributed by atoms with E-state index in [0.29, 0.717) is 5.56 Å². The van der Waals surface area contributed by atoms with Crippen molar-refractivity contribution in [3.63, 3.8) is 0 Å². The Morgan fingerprint density at radius 3 is 2.48 bits per heavy atom. The SMILES string of the molecule is CCOC(=O)/C(=C(/F)[C@H](C)c1ccccc1)c1cccc(Br)c1. The third-order valence-electron chi connectivity index (χ3n) is 3.51. The molecular formula is C19H18BrFO2. The van der Waals surface area contributed by atoms with Gasteiger partial charge >= 0.3 is 5.97 Å². The molecular weight excluding hydrogens is 359 g/mol. The number of carbonyl (C=O) groups is 1. The van der Waals surface area contributed by atoms with Crippen molar-refractivity contribution >= 4 is 27.5 Å². The van der Waals surface area contributed by atoms with E-state index in [1.807, 2.05) is 36.4 Å². The Hall–Kier alpha value is -1.94. The summed E-state index contributed by atoms with van der Waals surface area (Å²) < 4.78 is 20.9. The molecule has 2 aromatic rings. The van der Waals surface area contributed by atoms with Crippen molar-refractivity contribution in [3.8, 4) is 0 Å². The number of carbonyl (C=O) groups excluding carboxylic acids is 1. The van der Waals surface area contributed by atoms with Crippen LogP contribution in [0.2, 0.25) is 0 Å². The molecule has 0 saturated carbocycles. The standard InChI is InChI=1S/C19H18BrFO2/c1-3-23-19(22)17(15-10-7-11-16(20)12-15)18(21)13(2)14-8-5-4-6-9-14/h4-13H,3H2,1-2H3/b18-17+/t13-/m1/s1. The van der Waals surface area contributed by atoms with E-state index < -0.39 is 17.7 Å². The molecule has 0 N–H and O–H groups in total. The topological polar surface area (TPSA) is 26.3 Å². The maximum absolute atomic E-state index is 15.1. The van der Waals surface area contributed by atoms with Gasteiger partial charge in [0.15, 0.2) is 0 Å². The van der Waals surface area contributed by atoms with Gasteiger partial charge in [-0.2, -0.15) is 0 Å². The quantitative estimate of drug-likeness (QED) is 0.508. The normalized spacial score (nSPS) is 13.2. The van der Waals surface area contributed by atoms with Gasteiger partial charge in [0, 0.05) is 10.4 Å². The zero-order chi connectivity index (χ0) is 16.8. The Morgan fingerprint density at radius 2 is 1.87 bits per heavy atom. The first-order valence-electron chi connectivity index (χ1n) is 7.42. The summed E-state index contributed by atoms with van der Waals surface area (Å²) in [6, 6.07) is 16.3. The molecule has 0 unspecified atom stereocenters. The van der Waals surface area contributed by atoms with Crippen LogP contribution in [0.4, 0.5) is 4.39 Å². The molecule has 0 saturated heterocycles. The highest BCUT2D eigenvalue weighted by atomic mass is 79.9. The van der Waals surface area contributed by atoms with Gasteiger partial charge in [-0.05, 0) is 30.2 Å². The minimum atomic E-state index is -0.647. The predicted octanol–water partition coefficient (Wildman–Crippen LogP) is 5.50. The molecule has 0 heterocycles. The average molecular weight is 377 g/mol. The Balaban J connectivity index is 2.53. The summed E-state index contributed by atoms with van der Waals surface area (Å²) in [7, 11) is 0. The number of halogens is 2. The van der Waals surface area contributed by atoms with Crippen molar-refractivity contribution in [3.05, 3.63) is 76.0 Å². The number of rotatable bonds is 5. The Labute approximate surface area is 144 Å². The molecule has 0 spiro atoms. The first-order valence-corrected chi connectivity index (χ1v) is 8.21. The van der Waals surface area contributed by atoms with Crippen molar-refractivity contribution in [2.24, 2.45) is 0 Å². The molecule has 0 aromatic heterocycles. The van der Waals surface area contributed by atoms with E-state index in [2.05, 4.69) is 15.9 Å². The average Bonchev–Trinajstić information content (AvgIpc) is 2.55. The second kappa shape index (κ2) is 8.06. The van der Waals surface area contributed by atoms with Crippen molar-refractivity contribution in [1.82, 2.24) is 0 Å². The molecule has 0 radical (unpaired) electrons. The molecule has 120 valence electrons. The number of ether oxygens (including phenoxy) is 1. The Kier molecular flexibility index (Phi) is 6.11. The van der Waals surface area contributed by atoms with Crippen LogP contribution in [0.15, 0.2) is 64.9 Å². The van der Waals surface area contributed by atoms with Crippen molar-refractivity contribution in [2.75, 3.05) is 6.61 Å². The third-order valence-corrected chi connectivity index (χ3v) is 4.00. The summed E-state index contributed by atoms with van der Waals surface area (Å²) in [4.78, 5) is 12.3. The monoisotopic (exact) mass is 376 g/mol. The van der Waals surface area contributed by atoms with Crippen LogP contribution in [0.5, 0.6) is 0 Å². The Morgan fingerprint density at radius 1 is 1.17 bits per heavy atom. The number of hydrogen-bond acceptors (Lipinski definition) is 2. The van der Waals surface area contributed by atoms with Crippen LogP contribution >= 0.6 is 15.9 Å². The first kappa shape index (κ1) is 17.4. The molecule has 0 fully saturated rings. The van der Waals surface area contributed by atoms with Crippen LogP contribution in [-0.2, 0) is 9.53 Å². The molecule has 2 rings (SSSR count). The fourth-order valence-electron chi connectivity index (χ4n) is 2.31. The molecule has 2 nitrogen and oxygen atoms in total. The van der Waals surface area contributed by atoms with Gasteiger partial charge in [0.1, 0.15) is 5.83 Å². The van der Waals surface area contributed by atoms with Crippen LogP contribution in [-0.4, -0.2) is 12.6 Å². The largest absolute Gasteiger partial charge is 0.462 e. The minimum Gasteiger partial charge on any atom is -0.462 e. The van der Waals surface area contributed by atoms with Gasteiger partial charge < -0.3 is 4.74 Å². The lowest BCUT2D eigenvalue weighted by molar-refractivity contribution is -0.136. The van der Waals surface area contributed by atoms with Crippen LogP contribution in [0.3, 0.4) is 0 Å². The van der Waals surface area contributed by atoms with Gasteiger partial charge in [0.2, 0.25) is 0 Å². The van der Waals surface area contributed by atoms with Crippen molar-refractivity contribution in [1.29, 1.82) is 0 Å². The second-order valence-electron chi connectivity index (χ2n) is 5.09. The predicted molar refractivity (Wildman–Crippen MR) is 93.7 cm³/mol. The summed E-state index contributed by atoms with van der Waals surface area (Å²) in [5.74, 6) is -1.67. The van der Waals surface area contributed by atoms with Gasteiger partial charge in [-0.3, -0.25) is 0 Å². The molecule has 4 heteroatoms. The highest BCUT2D eigenvalue weighted by Gasteiger charge is 2.24. The lowest BCUT2D eigenvalue weighted by Crippen LogP contribution is -2.11. The van der Waals surface area contributed by atoms with E-state index in [4.69, 9.17) is 4.74 Å². The zero-order valence-corrected chi connectivity index (χ0v) is 14.6. The molecule has 0 amide bonds. The van der Waals surface area contributed by atoms with E-state index in [0.717, 1.165) is 10.0 Å². The Bertz CT molecular complexity index is 710. The molecule has 0 aliphatic rings. The first-order chi connectivity index (χ1) is 11.0. The highest BCUT2D eigenvalue weighted by Crippen LogP contribution is 2.33. The smallest absolute Gasteiger partial charge is 0.341 e. The maximum atomic E-state index is 15.1. The molecule has 0 aliphatic carbocycles. The molecule has 23 heavy (non-hydrogen) atoms. The van der Waals surface area contributed by atoms with E-state index in [9.17, 15) is 4.79 Å². The number of hydrogen-bond donors (Lipinski definition) is 0. The van der Waals surface area contributed by atoms with E-state index >= 15 is 4.39 Å². The fourth-order valence-corrected chi connectivity index (χ4v) is 2.70. The van der Waals surface area contributed by atoms with Crippen LogP contribution in [0, 0.1) is 0 Å². The molecule has 0 bridgehead atoms. The van der Waals surface area contributed by atoms with Gasteiger partial charge in [-0.15, -0.1) is 0 Å². The van der Waals surface area contributed by atoms with Gasteiger partial charge in [0.05, 0.1) is 12.2 Å². The second-order valence-corrected chi connectivity index (χ2v) is 6.00.